The average Bonchev–Trinajstić information content (AvgIpc) is 2.76. The molecule has 1 aromatic carbocycles. The molecule has 0 radical (unpaired) electrons. The largest absolute Gasteiger partial charge is 0.322 e. The number of aryl methyl sites for hydroxylation is 1. The zero-order valence-electron chi connectivity index (χ0n) is 13.2. The van der Waals surface area contributed by atoms with Gasteiger partial charge in [0.2, 0.25) is 5.91 Å². The number of aromatic nitrogens is 2. The molecule has 0 aliphatic carbocycles. The van der Waals surface area contributed by atoms with Crippen LogP contribution < -0.4 is 11.1 Å². The first kappa shape index (κ1) is 18.2. The number of amides is 1. The second kappa shape index (κ2) is 7.96. The third-order valence-electron chi connectivity index (χ3n) is 3.48. The predicted molar refractivity (Wildman–Crippen MR) is 91.8 cm³/mol. The van der Waals surface area contributed by atoms with Crippen LogP contribution >= 0.6 is 12.4 Å². The Hall–Kier alpha value is -1.85. The number of nitrogens with zero attached hydrogens (tertiary/aromatic N) is 2. The highest BCUT2D eigenvalue weighted by Gasteiger charge is 2.18. The lowest BCUT2D eigenvalue weighted by atomic mass is 10.1. The van der Waals surface area contributed by atoms with E-state index >= 15 is 0 Å². The van der Waals surface area contributed by atoms with Gasteiger partial charge in [-0.3, -0.25) is 4.79 Å². The Balaban J connectivity index is 0.00000242. The fourth-order valence-electron chi connectivity index (χ4n) is 2.30. The topological polar surface area (TPSA) is 72.9 Å². The number of hydrogen-bond acceptors (Lipinski definition) is 3. The second-order valence-corrected chi connectivity index (χ2v) is 5.18. The summed E-state index contributed by atoms with van der Waals surface area (Å²) >= 11 is 0. The van der Waals surface area contributed by atoms with E-state index in [4.69, 9.17) is 5.73 Å². The Morgan fingerprint density at radius 2 is 1.95 bits per heavy atom. The van der Waals surface area contributed by atoms with Crippen molar-refractivity contribution in [3.05, 3.63) is 41.7 Å². The highest BCUT2D eigenvalue weighted by atomic mass is 35.5. The molecule has 1 heterocycles. The van der Waals surface area contributed by atoms with Crippen LogP contribution in [0.15, 0.2) is 30.3 Å². The molecule has 0 aliphatic rings. The number of hydrogen-bond donors (Lipinski definition) is 2. The zero-order chi connectivity index (χ0) is 15.4. The lowest BCUT2D eigenvalue weighted by Gasteiger charge is -2.11. The van der Waals surface area contributed by atoms with Crippen molar-refractivity contribution < 1.29 is 4.79 Å². The molecule has 1 atom stereocenters. The molecule has 2 aromatic rings. The van der Waals surface area contributed by atoms with E-state index in [1.54, 1.807) is 0 Å². The van der Waals surface area contributed by atoms with Crippen molar-refractivity contribution in [2.24, 2.45) is 5.73 Å². The maximum absolute atomic E-state index is 12.1. The number of para-hydroxylation sites is 1. The van der Waals surface area contributed by atoms with E-state index in [1.165, 1.54) is 0 Å². The number of benzene rings is 1. The molecule has 22 heavy (non-hydrogen) atoms. The number of nitrogens with one attached hydrogen (secondary N) is 1. The first-order chi connectivity index (χ1) is 10.0. The number of nitrogens with two attached hydrogens (primary N) is 1. The van der Waals surface area contributed by atoms with Gasteiger partial charge in [-0.05, 0) is 32.4 Å². The highest BCUT2D eigenvalue weighted by molar-refractivity contribution is 5.95. The summed E-state index contributed by atoms with van der Waals surface area (Å²) in [4.78, 5) is 12.1. The fourth-order valence-corrected chi connectivity index (χ4v) is 2.30. The van der Waals surface area contributed by atoms with Crippen LogP contribution in [-0.4, -0.2) is 21.7 Å². The van der Waals surface area contributed by atoms with E-state index in [1.807, 2.05) is 55.8 Å². The van der Waals surface area contributed by atoms with Gasteiger partial charge in [-0.25, -0.2) is 4.68 Å². The lowest BCUT2D eigenvalue weighted by molar-refractivity contribution is -0.117. The van der Waals surface area contributed by atoms with Gasteiger partial charge in [-0.1, -0.05) is 31.5 Å². The molecule has 1 unspecified atom stereocenters. The van der Waals surface area contributed by atoms with Crippen molar-refractivity contribution >= 4 is 24.0 Å². The molecule has 0 fully saturated rings. The Kier molecular flexibility index (Phi) is 6.59. The number of rotatable bonds is 5. The summed E-state index contributed by atoms with van der Waals surface area (Å²) in [5, 5.41) is 7.41. The summed E-state index contributed by atoms with van der Waals surface area (Å²) in [7, 11) is 0. The molecule has 0 spiro atoms. The molecule has 3 N–H and O–H groups in total. The molecular formula is C16H23ClN4O. The van der Waals surface area contributed by atoms with E-state index in [0.29, 0.717) is 6.42 Å². The van der Waals surface area contributed by atoms with Crippen molar-refractivity contribution in [2.45, 2.75) is 39.7 Å². The molecule has 1 amide bonds. The van der Waals surface area contributed by atoms with E-state index in [-0.39, 0.29) is 18.3 Å². The second-order valence-electron chi connectivity index (χ2n) is 5.18. The molecule has 0 saturated heterocycles. The van der Waals surface area contributed by atoms with Gasteiger partial charge >= 0.3 is 0 Å². The van der Waals surface area contributed by atoms with Gasteiger partial charge in [0.05, 0.1) is 28.8 Å². The van der Waals surface area contributed by atoms with Gasteiger partial charge in [0.1, 0.15) is 0 Å². The normalized spacial score (nSPS) is 11.6. The van der Waals surface area contributed by atoms with Crippen LogP contribution in [0.3, 0.4) is 0 Å². The molecule has 1 aromatic heterocycles. The fraction of sp³-hybridized carbons (Fsp3) is 0.375. The van der Waals surface area contributed by atoms with Gasteiger partial charge in [0.15, 0.2) is 0 Å². The van der Waals surface area contributed by atoms with Crippen LogP contribution in [0.2, 0.25) is 0 Å². The van der Waals surface area contributed by atoms with Crippen LogP contribution in [0.4, 0.5) is 5.69 Å². The lowest BCUT2D eigenvalue weighted by Crippen LogP contribution is -2.35. The standard InChI is InChI=1S/C16H22N4O.ClH/c1-4-8-14(17)16(21)18-15-11(2)19-20(12(15)3)13-9-6-5-7-10-13;/h5-7,9-10,14H,4,8,17H2,1-3H3,(H,18,21);1H. The van der Waals surface area contributed by atoms with Gasteiger partial charge in [0.25, 0.3) is 0 Å². The van der Waals surface area contributed by atoms with E-state index in [9.17, 15) is 4.79 Å². The maximum Gasteiger partial charge on any atom is 0.241 e. The van der Waals surface area contributed by atoms with Crippen LogP contribution in [0.5, 0.6) is 0 Å². The van der Waals surface area contributed by atoms with Crippen molar-refractivity contribution in [3.63, 3.8) is 0 Å². The van der Waals surface area contributed by atoms with E-state index < -0.39 is 6.04 Å². The first-order valence-corrected chi connectivity index (χ1v) is 7.22. The van der Waals surface area contributed by atoms with Crippen molar-refractivity contribution in [3.8, 4) is 5.69 Å². The highest BCUT2D eigenvalue weighted by Crippen LogP contribution is 2.22. The molecule has 0 bridgehead atoms. The van der Waals surface area contributed by atoms with Crippen LogP contribution in [-0.2, 0) is 4.79 Å². The molecule has 0 saturated carbocycles. The van der Waals surface area contributed by atoms with Crippen LogP contribution in [0.1, 0.15) is 31.2 Å². The van der Waals surface area contributed by atoms with Crippen LogP contribution in [0, 0.1) is 13.8 Å². The summed E-state index contributed by atoms with van der Waals surface area (Å²) in [6.45, 7) is 5.83. The molecule has 120 valence electrons. The van der Waals surface area contributed by atoms with E-state index in [0.717, 1.165) is 29.2 Å². The number of anilines is 1. The number of carbonyl (C=O) groups is 1. The number of halogens is 1. The minimum Gasteiger partial charge on any atom is -0.322 e. The monoisotopic (exact) mass is 322 g/mol. The smallest absolute Gasteiger partial charge is 0.241 e. The summed E-state index contributed by atoms with van der Waals surface area (Å²) < 4.78 is 1.83. The summed E-state index contributed by atoms with van der Waals surface area (Å²) in [5.41, 5.74) is 9.25. The molecule has 0 aliphatic heterocycles. The molecule has 2 rings (SSSR count). The van der Waals surface area contributed by atoms with Gasteiger partial charge < -0.3 is 11.1 Å². The third-order valence-corrected chi connectivity index (χ3v) is 3.48. The third kappa shape index (κ3) is 3.87. The Morgan fingerprint density at radius 3 is 2.55 bits per heavy atom. The summed E-state index contributed by atoms with van der Waals surface area (Å²) in [6, 6.07) is 9.36. The Labute approximate surface area is 137 Å². The van der Waals surface area contributed by atoms with Crippen molar-refractivity contribution in [1.29, 1.82) is 0 Å². The van der Waals surface area contributed by atoms with E-state index in [2.05, 4.69) is 10.4 Å². The Bertz CT molecular complexity index is 625. The SMILES string of the molecule is CCCC(N)C(=O)Nc1c(C)nn(-c2ccccc2)c1C.Cl. The Morgan fingerprint density at radius 1 is 1.32 bits per heavy atom. The van der Waals surface area contributed by atoms with Gasteiger partial charge in [0, 0.05) is 0 Å². The molecular weight excluding hydrogens is 300 g/mol. The predicted octanol–water partition coefficient (Wildman–Crippen LogP) is 2.98. The van der Waals surface area contributed by atoms with Crippen molar-refractivity contribution in [2.75, 3.05) is 5.32 Å². The quantitative estimate of drug-likeness (QED) is 0.888. The average molecular weight is 323 g/mol. The minimum atomic E-state index is -0.478. The molecule has 6 heteroatoms. The maximum atomic E-state index is 12.1. The number of carbonyl (C=O) groups excluding carboxylic acids is 1. The first-order valence-electron chi connectivity index (χ1n) is 7.22. The van der Waals surface area contributed by atoms with Crippen molar-refractivity contribution in [1.82, 2.24) is 9.78 Å². The zero-order valence-corrected chi connectivity index (χ0v) is 14.0. The van der Waals surface area contributed by atoms with Gasteiger partial charge in [-0.2, -0.15) is 5.10 Å². The summed E-state index contributed by atoms with van der Waals surface area (Å²) in [5.74, 6) is -0.157. The summed E-state index contributed by atoms with van der Waals surface area (Å²) in [6.07, 6.45) is 1.56. The van der Waals surface area contributed by atoms with Crippen LogP contribution in [0.25, 0.3) is 5.69 Å². The molecule has 5 nitrogen and oxygen atoms in total. The minimum absolute atomic E-state index is 0. The van der Waals surface area contributed by atoms with Gasteiger partial charge in [-0.15, -0.1) is 12.4 Å².